The molecule has 0 fully saturated rings. The molecular formula is C11H22N4O2S. The predicted octanol–water partition coefficient (Wildman–Crippen LogP) is 0.801. The average molecular weight is 274 g/mol. The van der Waals surface area contributed by atoms with Crippen LogP contribution in [-0.2, 0) is 23.3 Å². The molecule has 6 nitrogen and oxygen atoms in total. The van der Waals surface area contributed by atoms with Crippen molar-refractivity contribution in [1.29, 1.82) is 0 Å². The van der Waals surface area contributed by atoms with E-state index in [4.69, 9.17) is 5.73 Å². The van der Waals surface area contributed by atoms with Crippen molar-refractivity contribution in [2.45, 2.75) is 26.2 Å². The van der Waals surface area contributed by atoms with Gasteiger partial charge in [-0.15, -0.1) is 0 Å². The van der Waals surface area contributed by atoms with E-state index in [1.54, 1.807) is 4.68 Å². The van der Waals surface area contributed by atoms with Gasteiger partial charge in [0.15, 0.2) is 0 Å². The summed E-state index contributed by atoms with van der Waals surface area (Å²) in [6.07, 6.45) is 3.65. The molecule has 7 heteroatoms. The molecule has 0 amide bonds. The molecule has 18 heavy (non-hydrogen) atoms. The van der Waals surface area contributed by atoms with E-state index in [0.29, 0.717) is 18.7 Å². The van der Waals surface area contributed by atoms with Gasteiger partial charge in [0.1, 0.15) is 15.7 Å². The van der Waals surface area contributed by atoms with Crippen LogP contribution in [0, 0.1) is 0 Å². The topological polar surface area (TPSA) is 90.0 Å². The summed E-state index contributed by atoms with van der Waals surface area (Å²) < 4.78 is 23.7. The largest absolute Gasteiger partial charge is 0.394 e. The fourth-order valence-electron chi connectivity index (χ4n) is 1.77. The quantitative estimate of drug-likeness (QED) is 0.718. The molecule has 0 radical (unpaired) electrons. The number of anilines is 2. The minimum absolute atomic E-state index is 0.180. The number of nitrogen functional groups attached to an aromatic ring is 1. The molecule has 0 bridgehead atoms. The van der Waals surface area contributed by atoms with Crippen LogP contribution in [0.25, 0.3) is 0 Å². The highest BCUT2D eigenvalue weighted by molar-refractivity contribution is 7.90. The summed E-state index contributed by atoms with van der Waals surface area (Å²) in [7, 11) is -1.07. The smallest absolute Gasteiger partial charge is 0.147 e. The van der Waals surface area contributed by atoms with Crippen molar-refractivity contribution in [3.05, 3.63) is 5.69 Å². The zero-order valence-electron chi connectivity index (χ0n) is 11.2. The molecule has 0 saturated heterocycles. The Morgan fingerprint density at radius 3 is 2.67 bits per heavy atom. The zero-order valence-corrected chi connectivity index (χ0v) is 12.0. The fraction of sp³-hybridized carbons (Fsp3) is 0.727. The SMILES string of the molecule is CCCc1nn(C)c(NCCCS(C)(=O)=O)c1N. The van der Waals surface area contributed by atoms with Gasteiger partial charge in [0.2, 0.25) is 0 Å². The van der Waals surface area contributed by atoms with Crippen LogP contribution >= 0.6 is 0 Å². The third-order valence-electron chi connectivity index (χ3n) is 2.63. The van der Waals surface area contributed by atoms with Crippen LogP contribution in [0.2, 0.25) is 0 Å². The minimum Gasteiger partial charge on any atom is -0.394 e. The maximum absolute atomic E-state index is 11.0. The summed E-state index contributed by atoms with van der Waals surface area (Å²) in [5.41, 5.74) is 7.55. The molecule has 104 valence electrons. The Kier molecular flexibility index (Phi) is 5.01. The van der Waals surface area contributed by atoms with Crippen molar-refractivity contribution in [3.63, 3.8) is 0 Å². The van der Waals surface area contributed by atoms with Gasteiger partial charge >= 0.3 is 0 Å². The van der Waals surface area contributed by atoms with E-state index in [-0.39, 0.29) is 5.75 Å². The lowest BCUT2D eigenvalue weighted by Crippen LogP contribution is -2.12. The van der Waals surface area contributed by atoms with E-state index in [1.165, 1.54) is 6.26 Å². The summed E-state index contributed by atoms with van der Waals surface area (Å²) in [6.45, 7) is 2.65. The number of rotatable bonds is 7. The van der Waals surface area contributed by atoms with Crippen molar-refractivity contribution < 1.29 is 8.42 Å². The summed E-state index contributed by atoms with van der Waals surface area (Å²) >= 11 is 0. The van der Waals surface area contributed by atoms with Gasteiger partial charge in [0.05, 0.1) is 17.1 Å². The van der Waals surface area contributed by atoms with E-state index in [0.717, 1.165) is 24.4 Å². The van der Waals surface area contributed by atoms with Crippen LogP contribution in [-0.4, -0.2) is 36.8 Å². The number of nitrogens with zero attached hydrogens (tertiary/aromatic N) is 2. The van der Waals surface area contributed by atoms with Crippen LogP contribution in [0.15, 0.2) is 0 Å². The van der Waals surface area contributed by atoms with Crippen LogP contribution in [0.4, 0.5) is 11.5 Å². The fourth-order valence-corrected chi connectivity index (χ4v) is 2.44. The molecule has 0 aliphatic rings. The second-order valence-corrected chi connectivity index (χ2v) is 6.75. The van der Waals surface area contributed by atoms with Crippen LogP contribution < -0.4 is 11.1 Å². The zero-order chi connectivity index (χ0) is 13.8. The van der Waals surface area contributed by atoms with E-state index < -0.39 is 9.84 Å². The molecule has 1 rings (SSSR count). The Balaban J connectivity index is 2.57. The molecule has 1 heterocycles. The lowest BCUT2D eigenvalue weighted by molar-refractivity contribution is 0.600. The molecule has 0 aliphatic carbocycles. The van der Waals surface area contributed by atoms with Gasteiger partial charge in [-0.05, 0) is 12.8 Å². The number of hydrogen-bond acceptors (Lipinski definition) is 5. The first-order valence-electron chi connectivity index (χ1n) is 6.08. The lowest BCUT2D eigenvalue weighted by Gasteiger charge is -2.07. The molecule has 0 aliphatic heterocycles. The van der Waals surface area contributed by atoms with Crippen molar-refractivity contribution in [2.24, 2.45) is 7.05 Å². The van der Waals surface area contributed by atoms with Crippen LogP contribution in [0.5, 0.6) is 0 Å². The average Bonchev–Trinajstić information content (AvgIpc) is 2.50. The van der Waals surface area contributed by atoms with E-state index in [1.807, 2.05) is 7.05 Å². The van der Waals surface area contributed by atoms with Crippen molar-refractivity contribution in [2.75, 3.05) is 29.6 Å². The Morgan fingerprint density at radius 2 is 2.11 bits per heavy atom. The monoisotopic (exact) mass is 274 g/mol. The highest BCUT2D eigenvalue weighted by atomic mass is 32.2. The third kappa shape index (κ3) is 4.21. The van der Waals surface area contributed by atoms with E-state index >= 15 is 0 Å². The first-order valence-corrected chi connectivity index (χ1v) is 8.14. The predicted molar refractivity (Wildman–Crippen MR) is 74.4 cm³/mol. The van der Waals surface area contributed by atoms with Crippen molar-refractivity contribution >= 4 is 21.3 Å². The Morgan fingerprint density at radius 1 is 1.44 bits per heavy atom. The molecule has 3 N–H and O–H groups in total. The Bertz CT molecular complexity index is 493. The maximum Gasteiger partial charge on any atom is 0.147 e. The van der Waals surface area contributed by atoms with Gasteiger partial charge in [-0.1, -0.05) is 13.3 Å². The molecule has 0 unspecified atom stereocenters. The number of nitrogens with two attached hydrogens (primary N) is 1. The summed E-state index contributed by atoms with van der Waals surface area (Å²) in [5, 5.41) is 7.48. The number of hydrogen-bond donors (Lipinski definition) is 2. The number of nitrogens with one attached hydrogen (secondary N) is 1. The minimum atomic E-state index is -2.90. The Hall–Kier alpha value is -1.24. The Labute approximate surface area is 108 Å². The molecule has 1 aromatic heterocycles. The first-order chi connectivity index (χ1) is 8.35. The van der Waals surface area contributed by atoms with Gasteiger partial charge in [-0.3, -0.25) is 4.68 Å². The van der Waals surface area contributed by atoms with Gasteiger partial charge in [-0.2, -0.15) is 5.10 Å². The highest BCUT2D eigenvalue weighted by Crippen LogP contribution is 2.22. The van der Waals surface area contributed by atoms with Crippen LogP contribution in [0.1, 0.15) is 25.5 Å². The van der Waals surface area contributed by atoms with E-state index in [9.17, 15) is 8.42 Å². The summed E-state index contributed by atoms with van der Waals surface area (Å²) in [4.78, 5) is 0. The molecule has 0 saturated carbocycles. The second kappa shape index (κ2) is 6.08. The van der Waals surface area contributed by atoms with Gasteiger partial charge in [-0.25, -0.2) is 8.42 Å². The first kappa shape index (κ1) is 14.8. The van der Waals surface area contributed by atoms with E-state index in [2.05, 4.69) is 17.3 Å². The summed E-state index contributed by atoms with van der Waals surface area (Å²) in [6, 6.07) is 0. The number of sulfone groups is 1. The van der Waals surface area contributed by atoms with Gasteiger partial charge < -0.3 is 11.1 Å². The van der Waals surface area contributed by atoms with Crippen LogP contribution in [0.3, 0.4) is 0 Å². The van der Waals surface area contributed by atoms with Gasteiger partial charge in [0.25, 0.3) is 0 Å². The molecule has 0 atom stereocenters. The van der Waals surface area contributed by atoms with Gasteiger partial charge in [0, 0.05) is 19.8 Å². The molecular weight excluding hydrogens is 252 g/mol. The standard InChI is InChI=1S/C11H22N4O2S/c1-4-6-9-10(12)11(15(2)14-9)13-7-5-8-18(3,16)17/h13H,4-8,12H2,1-3H3. The highest BCUT2D eigenvalue weighted by Gasteiger charge is 2.12. The normalized spacial score (nSPS) is 11.7. The number of aromatic nitrogens is 2. The molecule has 1 aromatic rings. The lowest BCUT2D eigenvalue weighted by atomic mass is 10.2. The van der Waals surface area contributed by atoms with Crippen molar-refractivity contribution in [1.82, 2.24) is 9.78 Å². The van der Waals surface area contributed by atoms with Crippen molar-refractivity contribution in [3.8, 4) is 0 Å². The maximum atomic E-state index is 11.0. The molecule has 0 aromatic carbocycles. The second-order valence-electron chi connectivity index (χ2n) is 4.49. The molecule has 0 spiro atoms. The third-order valence-corrected chi connectivity index (χ3v) is 3.66. The summed E-state index contributed by atoms with van der Waals surface area (Å²) in [5.74, 6) is 0.950. The number of aryl methyl sites for hydroxylation is 2.